The van der Waals surface area contributed by atoms with Crippen molar-refractivity contribution in [2.75, 3.05) is 0 Å². The molecule has 0 N–H and O–H groups in total. The summed E-state index contributed by atoms with van der Waals surface area (Å²) in [5, 5.41) is 19.3. The summed E-state index contributed by atoms with van der Waals surface area (Å²) < 4.78 is 0. The summed E-state index contributed by atoms with van der Waals surface area (Å²) in [7, 11) is 0. The van der Waals surface area contributed by atoms with E-state index in [2.05, 4.69) is 16.3 Å². The van der Waals surface area contributed by atoms with Crippen LogP contribution in [0.5, 0.6) is 0 Å². The van der Waals surface area contributed by atoms with Gasteiger partial charge in [0.05, 0.1) is 11.8 Å². The van der Waals surface area contributed by atoms with Gasteiger partial charge < -0.3 is 0 Å². The lowest BCUT2D eigenvalue weighted by molar-refractivity contribution is 0.635. The van der Waals surface area contributed by atoms with Gasteiger partial charge in [0.25, 0.3) is 0 Å². The number of rotatable bonds is 2. The van der Waals surface area contributed by atoms with Crippen molar-refractivity contribution in [1.29, 1.82) is 5.26 Å². The normalized spacial score (nSPS) is 11.8. The fraction of sp³-hybridized carbons (Fsp3) is 0.214. The number of azo groups is 1. The van der Waals surface area contributed by atoms with Gasteiger partial charge in [-0.25, -0.2) is 0 Å². The van der Waals surface area contributed by atoms with E-state index in [1.165, 1.54) is 0 Å². The Morgan fingerprint density at radius 1 is 1.06 bits per heavy atom. The van der Waals surface area contributed by atoms with Crippen LogP contribution in [0.2, 0.25) is 0 Å². The predicted molar refractivity (Wildman–Crippen MR) is 68.2 cm³/mol. The third-order valence-electron chi connectivity index (χ3n) is 2.45. The van der Waals surface area contributed by atoms with Crippen LogP contribution in [0.4, 0.5) is 5.69 Å². The Kier molecular flexibility index (Phi) is 2.88. The zero-order valence-corrected chi connectivity index (χ0v) is 9.88. The summed E-state index contributed by atoms with van der Waals surface area (Å²) in [6, 6.07) is 16.0. The summed E-state index contributed by atoms with van der Waals surface area (Å²) in [5.74, 6) is 0. The standard InChI is InChI=1S/C14H13N3/c1-14(2,10-15)17-16-13-9-5-7-11-6-3-4-8-12(11)13/h3-9H,1-2H3. The van der Waals surface area contributed by atoms with Crippen LogP contribution in [0.1, 0.15) is 13.8 Å². The van der Waals surface area contributed by atoms with Crippen molar-refractivity contribution in [3.05, 3.63) is 42.5 Å². The van der Waals surface area contributed by atoms with E-state index in [1.807, 2.05) is 42.5 Å². The molecule has 0 saturated heterocycles. The Balaban J connectivity index is 2.47. The highest BCUT2D eigenvalue weighted by atomic mass is 15.1. The van der Waals surface area contributed by atoms with Crippen molar-refractivity contribution in [3.63, 3.8) is 0 Å². The molecule has 3 heteroatoms. The SMILES string of the molecule is CC(C)(C#N)N=Nc1cccc2ccccc12. The Labute approximate surface area is 100 Å². The molecule has 2 rings (SSSR count). The van der Waals surface area contributed by atoms with E-state index in [0.29, 0.717) is 0 Å². The van der Waals surface area contributed by atoms with E-state index in [-0.39, 0.29) is 0 Å². The smallest absolute Gasteiger partial charge is 0.162 e. The Hall–Kier alpha value is -2.21. The van der Waals surface area contributed by atoms with E-state index >= 15 is 0 Å². The van der Waals surface area contributed by atoms with Crippen molar-refractivity contribution in [3.8, 4) is 6.07 Å². The van der Waals surface area contributed by atoms with Crippen LogP contribution in [-0.2, 0) is 0 Å². The third-order valence-corrected chi connectivity index (χ3v) is 2.45. The lowest BCUT2D eigenvalue weighted by Crippen LogP contribution is -2.10. The molecule has 2 aromatic rings. The average Bonchev–Trinajstić information content (AvgIpc) is 2.36. The molecule has 0 spiro atoms. The molecule has 0 aliphatic rings. The van der Waals surface area contributed by atoms with Crippen molar-refractivity contribution < 1.29 is 0 Å². The van der Waals surface area contributed by atoms with Gasteiger partial charge in [0.1, 0.15) is 0 Å². The molecule has 0 aromatic heterocycles. The largest absolute Gasteiger partial charge is 0.196 e. The second-order valence-electron chi connectivity index (χ2n) is 4.37. The first-order valence-corrected chi connectivity index (χ1v) is 5.44. The highest BCUT2D eigenvalue weighted by molar-refractivity contribution is 5.92. The number of nitriles is 1. The molecule has 84 valence electrons. The molecular formula is C14H13N3. The molecule has 0 amide bonds. The lowest BCUT2D eigenvalue weighted by atomic mass is 10.1. The summed E-state index contributed by atoms with van der Waals surface area (Å²) in [6.45, 7) is 3.48. The number of nitrogens with zero attached hydrogens (tertiary/aromatic N) is 3. The van der Waals surface area contributed by atoms with Crippen LogP contribution >= 0.6 is 0 Å². The molecule has 0 bridgehead atoms. The molecule has 0 aliphatic carbocycles. The number of hydrogen-bond acceptors (Lipinski definition) is 3. The lowest BCUT2D eigenvalue weighted by Gasteiger charge is -2.06. The molecule has 0 radical (unpaired) electrons. The average molecular weight is 223 g/mol. The minimum absolute atomic E-state index is 0.781. The monoisotopic (exact) mass is 223 g/mol. The second-order valence-corrected chi connectivity index (χ2v) is 4.37. The second kappa shape index (κ2) is 4.34. The highest BCUT2D eigenvalue weighted by Gasteiger charge is 2.14. The van der Waals surface area contributed by atoms with Crippen molar-refractivity contribution in [1.82, 2.24) is 0 Å². The van der Waals surface area contributed by atoms with Gasteiger partial charge in [-0.2, -0.15) is 15.5 Å². The van der Waals surface area contributed by atoms with Gasteiger partial charge in [0, 0.05) is 5.39 Å². The van der Waals surface area contributed by atoms with Crippen molar-refractivity contribution in [2.24, 2.45) is 10.2 Å². The first-order valence-electron chi connectivity index (χ1n) is 5.44. The molecule has 3 nitrogen and oxygen atoms in total. The van der Waals surface area contributed by atoms with Gasteiger partial charge in [0.15, 0.2) is 5.54 Å². The third kappa shape index (κ3) is 2.48. The Morgan fingerprint density at radius 2 is 1.76 bits per heavy atom. The zero-order valence-electron chi connectivity index (χ0n) is 9.88. The molecule has 17 heavy (non-hydrogen) atoms. The topological polar surface area (TPSA) is 48.5 Å². The summed E-state index contributed by atoms with van der Waals surface area (Å²) in [5.41, 5.74) is 0.0168. The first kappa shape index (κ1) is 11.3. The molecular weight excluding hydrogens is 210 g/mol. The van der Waals surface area contributed by atoms with Gasteiger partial charge in [-0.3, -0.25) is 0 Å². The molecule has 0 atom stereocenters. The maximum atomic E-state index is 8.88. The van der Waals surface area contributed by atoms with Gasteiger partial charge in [-0.05, 0) is 25.3 Å². The zero-order chi connectivity index (χ0) is 12.3. The Morgan fingerprint density at radius 3 is 2.53 bits per heavy atom. The fourth-order valence-corrected chi connectivity index (χ4v) is 1.50. The van der Waals surface area contributed by atoms with Crippen molar-refractivity contribution in [2.45, 2.75) is 19.4 Å². The maximum Gasteiger partial charge on any atom is 0.162 e. The van der Waals surface area contributed by atoms with Crippen LogP contribution in [0.25, 0.3) is 10.8 Å². The number of benzene rings is 2. The van der Waals surface area contributed by atoms with Crippen LogP contribution in [0.3, 0.4) is 0 Å². The highest BCUT2D eigenvalue weighted by Crippen LogP contribution is 2.26. The van der Waals surface area contributed by atoms with Gasteiger partial charge in [0.2, 0.25) is 0 Å². The van der Waals surface area contributed by atoms with E-state index < -0.39 is 5.54 Å². The van der Waals surface area contributed by atoms with E-state index in [1.54, 1.807) is 13.8 Å². The van der Waals surface area contributed by atoms with Crippen LogP contribution in [0, 0.1) is 11.3 Å². The van der Waals surface area contributed by atoms with Crippen LogP contribution < -0.4 is 0 Å². The van der Waals surface area contributed by atoms with Gasteiger partial charge in [-0.1, -0.05) is 36.4 Å². The first-order chi connectivity index (χ1) is 8.12. The molecule has 0 unspecified atom stereocenters. The molecule has 0 aliphatic heterocycles. The summed E-state index contributed by atoms with van der Waals surface area (Å²) in [4.78, 5) is 0. The van der Waals surface area contributed by atoms with Gasteiger partial charge in [-0.15, -0.1) is 0 Å². The Bertz CT molecular complexity index is 601. The molecule has 2 aromatic carbocycles. The minimum atomic E-state index is -0.781. The van der Waals surface area contributed by atoms with E-state index in [4.69, 9.17) is 5.26 Å². The number of hydrogen-bond donors (Lipinski definition) is 0. The fourth-order valence-electron chi connectivity index (χ4n) is 1.50. The van der Waals surface area contributed by atoms with Crippen LogP contribution in [0.15, 0.2) is 52.7 Å². The molecule has 0 fully saturated rings. The number of fused-ring (bicyclic) bond motifs is 1. The quantitative estimate of drug-likeness (QED) is 0.703. The van der Waals surface area contributed by atoms with Crippen molar-refractivity contribution >= 4 is 16.5 Å². The molecule has 0 saturated carbocycles. The minimum Gasteiger partial charge on any atom is -0.196 e. The van der Waals surface area contributed by atoms with E-state index in [0.717, 1.165) is 16.5 Å². The van der Waals surface area contributed by atoms with Crippen LogP contribution in [-0.4, -0.2) is 5.54 Å². The molecule has 0 heterocycles. The van der Waals surface area contributed by atoms with Gasteiger partial charge >= 0.3 is 0 Å². The summed E-state index contributed by atoms with van der Waals surface area (Å²) in [6.07, 6.45) is 0. The summed E-state index contributed by atoms with van der Waals surface area (Å²) >= 11 is 0. The van der Waals surface area contributed by atoms with E-state index in [9.17, 15) is 0 Å². The maximum absolute atomic E-state index is 8.88. The predicted octanol–water partition coefficient (Wildman–Crippen LogP) is 4.23.